The van der Waals surface area contributed by atoms with E-state index in [4.69, 9.17) is 4.42 Å². The number of fused-ring (bicyclic) bond motifs is 1. The Morgan fingerprint density at radius 3 is 3.17 bits per heavy atom. The third-order valence-corrected chi connectivity index (χ3v) is 4.19. The van der Waals surface area contributed by atoms with Gasteiger partial charge in [0.05, 0.1) is 12.5 Å². The van der Waals surface area contributed by atoms with Crippen LogP contribution in [0.2, 0.25) is 0 Å². The van der Waals surface area contributed by atoms with Crippen LogP contribution in [-0.4, -0.2) is 22.5 Å². The summed E-state index contributed by atoms with van der Waals surface area (Å²) in [6.45, 7) is 3.60. The summed E-state index contributed by atoms with van der Waals surface area (Å²) >= 11 is 1.85. The minimum absolute atomic E-state index is 0.245. The lowest BCUT2D eigenvalue weighted by Gasteiger charge is -2.04. The first-order valence-electron chi connectivity index (χ1n) is 6.13. The fourth-order valence-electron chi connectivity index (χ4n) is 2.08. The molecule has 0 saturated heterocycles. The second-order valence-corrected chi connectivity index (χ2v) is 5.28. The molecule has 0 amide bonds. The SMILES string of the molecule is CCNCc1nnc(C2CSc3ccccc32)o1. The van der Waals surface area contributed by atoms with Crippen molar-refractivity contribution in [3.05, 3.63) is 41.6 Å². The van der Waals surface area contributed by atoms with E-state index >= 15 is 0 Å². The highest BCUT2D eigenvalue weighted by Crippen LogP contribution is 2.42. The van der Waals surface area contributed by atoms with Crippen LogP contribution >= 0.6 is 11.8 Å². The summed E-state index contributed by atoms with van der Waals surface area (Å²) in [5.41, 5.74) is 1.31. The van der Waals surface area contributed by atoms with E-state index in [9.17, 15) is 0 Å². The fraction of sp³-hybridized carbons (Fsp3) is 0.385. The Balaban J connectivity index is 1.82. The molecule has 0 bridgehead atoms. The molecule has 1 aromatic heterocycles. The minimum Gasteiger partial charge on any atom is -0.423 e. The second kappa shape index (κ2) is 5.12. The molecule has 18 heavy (non-hydrogen) atoms. The number of rotatable bonds is 4. The summed E-state index contributed by atoms with van der Waals surface area (Å²) in [7, 11) is 0. The molecule has 1 unspecified atom stereocenters. The van der Waals surface area contributed by atoms with Gasteiger partial charge >= 0.3 is 0 Å². The van der Waals surface area contributed by atoms with Gasteiger partial charge in [-0.1, -0.05) is 25.1 Å². The lowest BCUT2D eigenvalue weighted by Crippen LogP contribution is -2.11. The highest BCUT2D eigenvalue weighted by molar-refractivity contribution is 7.99. The van der Waals surface area contributed by atoms with Crippen LogP contribution in [0, 0.1) is 0 Å². The molecule has 0 spiro atoms. The van der Waals surface area contributed by atoms with Gasteiger partial charge in [-0.25, -0.2) is 0 Å². The number of aromatic nitrogens is 2. The van der Waals surface area contributed by atoms with Crippen molar-refractivity contribution < 1.29 is 4.42 Å². The lowest BCUT2D eigenvalue weighted by atomic mass is 10.0. The standard InChI is InChI=1S/C13H15N3OS/c1-2-14-7-12-15-16-13(17-12)10-8-18-11-6-4-3-5-9(10)11/h3-6,10,14H,2,7-8H2,1H3. The average Bonchev–Trinajstić information content (AvgIpc) is 3.02. The fourth-order valence-corrected chi connectivity index (χ4v) is 3.30. The number of nitrogens with zero attached hydrogens (tertiary/aromatic N) is 2. The maximum absolute atomic E-state index is 5.73. The van der Waals surface area contributed by atoms with Gasteiger partial charge < -0.3 is 9.73 Å². The Morgan fingerprint density at radius 1 is 1.39 bits per heavy atom. The molecule has 0 saturated carbocycles. The van der Waals surface area contributed by atoms with Crippen molar-refractivity contribution in [3.8, 4) is 0 Å². The van der Waals surface area contributed by atoms with Gasteiger partial charge in [-0.2, -0.15) is 0 Å². The smallest absolute Gasteiger partial charge is 0.230 e. The van der Waals surface area contributed by atoms with Crippen molar-refractivity contribution >= 4 is 11.8 Å². The predicted octanol–water partition coefficient (Wildman–Crippen LogP) is 2.42. The first-order valence-corrected chi connectivity index (χ1v) is 7.11. The summed E-state index contributed by atoms with van der Waals surface area (Å²) in [5.74, 6) is 2.64. The van der Waals surface area contributed by atoms with Gasteiger partial charge in [-0.05, 0) is 18.2 Å². The summed E-state index contributed by atoms with van der Waals surface area (Å²) < 4.78 is 5.73. The molecular formula is C13H15N3OS. The van der Waals surface area contributed by atoms with Crippen molar-refractivity contribution in [2.24, 2.45) is 0 Å². The molecule has 94 valence electrons. The third kappa shape index (κ3) is 2.15. The van der Waals surface area contributed by atoms with Crippen LogP contribution in [0.1, 0.15) is 30.2 Å². The molecule has 0 aliphatic carbocycles. The minimum atomic E-state index is 0.245. The number of benzene rings is 1. The van der Waals surface area contributed by atoms with Gasteiger partial charge in [0.25, 0.3) is 0 Å². The van der Waals surface area contributed by atoms with Crippen LogP contribution in [-0.2, 0) is 6.54 Å². The van der Waals surface area contributed by atoms with Gasteiger partial charge in [0.2, 0.25) is 11.8 Å². The zero-order chi connectivity index (χ0) is 12.4. The van der Waals surface area contributed by atoms with E-state index in [1.54, 1.807) is 0 Å². The zero-order valence-corrected chi connectivity index (χ0v) is 11.0. The Labute approximate surface area is 110 Å². The van der Waals surface area contributed by atoms with E-state index in [-0.39, 0.29) is 5.92 Å². The average molecular weight is 261 g/mol. The molecule has 2 heterocycles. The maximum Gasteiger partial charge on any atom is 0.230 e. The van der Waals surface area contributed by atoms with Crippen LogP contribution in [0.5, 0.6) is 0 Å². The normalized spacial score (nSPS) is 17.9. The summed E-state index contributed by atoms with van der Waals surface area (Å²) in [4.78, 5) is 1.33. The van der Waals surface area contributed by atoms with Crippen LogP contribution < -0.4 is 5.32 Å². The third-order valence-electron chi connectivity index (χ3n) is 3.01. The van der Waals surface area contributed by atoms with Crippen molar-refractivity contribution in [1.82, 2.24) is 15.5 Å². The number of thioether (sulfide) groups is 1. The molecule has 1 N–H and O–H groups in total. The van der Waals surface area contributed by atoms with Crippen molar-refractivity contribution in [1.29, 1.82) is 0 Å². The summed E-state index contributed by atoms with van der Waals surface area (Å²) in [6.07, 6.45) is 0. The van der Waals surface area contributed by atoms with E-state index in [2.05, 4.69) is 46.7 Å². The molecule has 2 aromatic rings. The van der Waals surface area contributed by atoms with Gasteiger partial charge in [-0.15, -0.1) is 22.0 Å². The Bertz CT molecular complexity index is 541. The van der Waals surface area contributed by atoms with Gasteiger partial charge in [-0.3, -0.25) is 0 Å². The van der Waals surface area contributed by atoms with Gasteiger partial charge in [0, 0.05) is 10.6 Å². The predicted molar refractivity (Wildman–Crippen MR) is 70.7 cm³/mol. The Morgan fingerprint density at radius 2 is 2.28 bits per heavy atom. The Hall–Kier alpha value is -1.33. The number of nitrogens with one attached hydrogen (secondary N) is 1. The van der Waals surface area contributed by atoms with E-state index in [1.165, 1.54) is 10.5 Å². The van der Waals surface area contributed by atoms with E-state index in [1.807, 2.05) is 11.8 Å². The van der Waals surface area contributed by atoms with Crippen LogP contribution in [0.25, 0.3) is 0 Å². The van der Waals surface area contributed by atoms with Crippen molar-refractivity contribution in [2.45, 2.75) is 24.3 Å². The highest BCUT2D eigenvalue weighted by atomic mass is 32.2. The molecule has 4 nitrogen and oxygen atoms in total. The number of hydrogen-bond donors (Lipinski definition) is 1. The molecule has 1 atom stereocenters. The topological polar surface area (TPSA) is 51.0 Å². The molecular weight excluding hydrogens is 246 g/mol. The quantitative estimate of drug-likeness (QED) is 0.916. The second-order valence-electron chi connectivity index (χ2n) is 4.22. The molecule has 0 fully saturated rings. The monoisotopic (exact) mass is 261 g/mol. The lowest BCUT2D eigenvalue weighted by molar-refractivity contribution is 0.427. The summed E-state index contributed by atoms with van der Waals surface area (Å²) in [6, 6.07) is 8.43. The van der Waals surface area contributed by atoms with Crippen LogP contribution in [0.15, 0.2) is 33.6 Å². The largest absolute Gasteiger partial charge is 0.423 e. The van der Waals surface area contributed by atoms with Crippen LogP contribution in [0.4, 0.5) is 0 Å². The van der Waals surface area contributed by atoms with E-state index < -0.39 is 0 Å². The van der Waals surface area contributed by atoms with Crippen molar-refractivity contribution in [3.63, 3.8) is 0 Å². The van der Waals surface area contributed by atoms with Gasteiger partial charge in [0.15, 0.2) is 0 Å². The Kier molecular flexibility index (Phi) is 3.34. The molecule has 1 aromatic carbocycles. The maximum atomic E-state index is 5.73. The molecule has 3 rings (SSSR count). The highest BCUT2D eigenvalue weighted by Gasteiger charge is 2.28. The molecule has 1 aliphatic heterocycles. The molecule has 0 radical (unpaired) electrons. The van der Waals surface area contributed by atoms with Gasteiger partial charge in [0.1, 0.15) is 0 Å². The summed E-state index contributed by atoms with van der Waals surface area (Å²) in [5, 5.41) is 11.4. The first-order chi connectivity index (χ1) is 8.88. The molecule has 5 heteroatoms. The first kappa shape index (κ1) is 11.7. The van der Waals surface area contributed by atoms with Crippen LogP contribution in [0.3, 0.4) is 0 Å². The molecule has 1 aliphatic rings. The van der Waals surface area contributed by atoms with E-state index in [0.717, 1.165) is 18.2 Å². The van der Waals surface area contributed by atoms with Crippen molar-refractivity contribution in [2.75, 3.05) is 12.3 Å². The van der Waals surface area contributed by atoms with E-state index in [0.29, 0.717) is 12.4 Å². The number of hydrogen-bond acceptors (Lipinski definition) is 5. The zero-order valence-electron chi connectivity index (χ0n) is 10.2.